The van der Waals surface area contributed by atoms with E-state index in [1.165, 1.54) is 0 Å². The third-order valence-electron chi connectivity index (χ3n) is 4.95. The van der Waals surface area contributed by atoms with Crippen LogP contribution in [-0.2, 0) is 9.53 Å². The van der Waals surface area contributed by atoms with E-state index in [9.17, 15) is 4.79 Å². The first-order valence-electron chi connectivity index (χ1n) is 7.97. The van der Waals surface area contributed by atoms with Gasteiger partial charge in [0.15, 0.2) is 0 Å². The lowest BCUT2D eigenvalue weighted by Crippen LogP contribution is -2.61. The quantitative estimate of drug-likeness (QED) is 0.750. The minimum Gasteiger partial charge on any atom is -0.465 e. The SMILES string of the molecule is CCOC(=O)C(C)(CC(C)N1CCN(C)C(C)(C)C1)NC. The van der Waals surface area contributed by atoms with E-state index in [0.717, 1.165) is 26.1 Å². The van der Waals surface area contributed by atoms with E-state index < -0.39 is 5.54 Å². The van der Waals surface area contributed by atoms with Gasteiger partial charge in [-0.25, -0.2) is 0 Å². The van der Waals surface area contributed by atoms with Gasteiger partial charge in [-0.05, 0) is 55.1 Å². The number of nitrogens with one attached hydrogen (secondary N) is 1. The van der Waals surface area contributed by atoms with E-state index in [1.807, 2.05) is 20.9 Å². The lowest BCUT2D eigenvalue weighted by Gasteiger charge is -2.48. The molecule has 1 fully saturated rings. The van der Waals surface area contributed by atoms with E-state index in [1.54, 1.807) is 0 Å². The molecule has 0 aromatic carbocycles. The molecule has 1 aliphatic rings. The lowest BCUT2D eigenvalue weighted by molar-refractivity contribution is -0.151. The van der Waals surface area contributed by atoms with Crippen LogP contribution in [0.15, 0.2) is 0 Å². The summed E-state index contributed by atoms with van der Waals surface area (Å²) < 4.78 is 5.22. The van der Waals surface area contributed by atoms with Crippen LogP contribution in [0.25, 0.3) is 0 Å². The Morgan fingerprint density at radius 3 is 2.52 bits per heavy atom. The van der Waals surface area contributed by atoms with Crippen LogP contribution >= 0.6 is 0 Å². The molecule has 0 saturated carbocycles. The van der Waals surface area contributed by atoms with Gasteiger partial charge in [0.25, 0.3) is 0 Å². The first-order valence-corrected chi connectivity index (χ1v) is 7.97. The summed E-state index contributed by atoms with van der Waals surface area (Å²) in [4.78, 5) is 17.1. The van der Waals surface area contributed by atoms with Crippen LogP contribution < -0.4 is 5.32 Å². The molecule has 0 spiro atoms. The van der Waals surface area contributed by atoms with Gasteiger partial charge in [-0.1, -0.05) is 0 Å². The van der Waals surface area contributed by atoms with E-state index in [-0.39, 0.29) is 11.5 Å². The smallest absolute Gasteiger partial charge is 0.326 e. The Kier molecular flexibility index (Phi) is 6.20. The van der Waals surface area contributed by atoms with Crippen molar-refractivity contribution in [3.63, 3.8) is 0 Å². The first-order chi connectivity index (χ1) is 9.66. The number of carbonyl (C=O) groups excluding carboxylic acids is 1. The molecule has 0 aromatic rings. The molecule has 1 N–H and O–H groups in total. The van der Waals surface area contributed by atoms with Crippen molar-refractivity contribution in [1.82, 2.24) is 15.1 Å². The lowest BCUT2D eigenvalue weighted by atomic mass is 9.91. The van der Waals surface area contributed by atoms with Crippen LogP contribution in [0, 0.1) is 0 Å². The zero-order valence-corrected chi connectivity index (χ0v) is 14.8. The molecule has 5 nitrogen and oxygen atoms in total. The fourth-order valence-electron chi connectivity index (χ4n) is 2.95. The highest BCUT2D eigenvalue weighted by molar-refractivity contribution is 5.80. The second-order valence-corrected chi connectivity index (χ2v) is 7.06. The van der Waals surface area contributed by atoms with Gasteiger partial charge in [0.1, 0.15) is 5.54 Å². The van der Waals surface area contributed by atoms with E-state index in [2.05, 4.69) is 42.9 Å². The Morgan fingerprint density at radius 1 is 1.43 bits per heavy atom. The van der Waals surface area contributed by atoms with Crippen LogP contribution in [0.4, 0.5) is 0 Å². The molecule has 2 unspecified atom stereocenters. The van der Waals surface area contributed by atoms with E-state index in [0.29, 0.717) is 12.6 Å². The highest BCUT2D eigenvalue weighted by Gasteiger charge is 2.39. The van der Waals surface area contributed by atoms with Gasteiger partial charge in [0.05, 0.1) is 6.61 Å². The minimum absolute atomic E-state index is 0.160. The number of rotatable bonds is 6. The average Bonchev–Trinajstić information content (AvgIpc) is 2.41. The number of likely N-dealkylation sites (N-methyl/N-ethyl adjacent to an activating group) is 2. The number of hydrogen-bond acceptors (Lipinski definition) is 5. The minimum atomic E-state index is -0.622. The van der Waals surface area contributed by atoms with Gasteiger partial charge in [-0.2, -0.15) is 0 Å². The van der Waals surface area contributed by atoms with Crippen molar-refractivity contribution in [2.45, 2.75) is 58.2 Å². The maximum atomic E-state index is 12.2. The van der Waals surface area contributed by atoms with Gasteiger partial charge in [-0.15, -0.1) is 0 Å². The van der Waals surface area contributed by atoms with Crippen LogP contribution in [0.1, 0.15) is 41.0 Å². The largest absolute Gasteiger partial charge is 0.465 e. The molecule has 0 radical (unpaired) electrons. The van der Waals surface area contributed by atoms with Crippen molar-refractivity contribution < 1.29 is 9.53 Å². The molecule has 21 heavy (non-hydrogen) atoms. The summed E-state index contributed by atoms with van der Waals surface area (Å²) >= 11 is 0. The molecule has 124 valence electrons. The first kappa shape index (κ1) is 18.4. The second-order valence-electron chi connectivity index (χ2n) is 7.06. The van der Waals surface area contributed by atoms with Gasteiger partial charge in [-0.3, -0.25) is 14.6 Å². The van der Waals surface area contributed by atoms with E-state index >= 15 is 0 Å². The Balaban J connectivity index is 2.70. The standard InChI is InChI=1S/C16H33N3O2/c1-8-21-14(20)16(5,17-6)11-13(2)19-10-9-18(7)15(3,4)12-19/h13,17H,8-12H2,1-7H3. The fourth-order valence-corrected chi connectivity index (χ4v) is 2.95. The number of ether oxygens (including phenoxy) is 1. The van der Waals surface area contributed by atoms with Crippen LogP contribution in [0.2, 0.25) is 0 Å². The molecule has 1 heterocycles. The zero-order valence-electron chi connectivity index (χ0n) is 14.8. The number of nitrogens with zero attached hydrogens (tertiary/aromatic N) is 2. The molecule has 1 rings (SSSR count). The van der Waals surface area contributed by atoms with Gasteiger partial charge >= 0.3 is 5.97 Å². The second kappa shape index (κ2) is 7.07. The summed E-state index contributed by atoms with van der Waals surface area (Å²) in [6.07, 6.45) is 0.752. The number of hydrogen-bond donors (Lipinski definition) is 1. The maximum Gasteiger partial charge on any atom is 0.326 e. The molecule has 1 aliphatic heterocycles. The monoisotopic (exact) mass is 299 g/mol. The summed E-state index contributed by atoms with van der Waals surface area (Å²) in [5.41, 5.74) is -0.449. The van der Waals surface area contributed by atoms with Crippen molar-refractivity contribution >= 4 is 5.97 Å². The normalized spacial score (nSPS) is 24.3. The summed E-state index contributed by atoms with van der Waals surface area (Å²) in [5.74, 6) is -0.160. The van der Waals surface area contributed by atoms with Gasteiger partial charge < -0.3 is 10.1 Å². The molecule has 0 amide bonds. The molecule has 1 saturated heterocycles. The van der Waals surface area contributed by atoms with E-state index in [4.69, 9.17) is 4.74 Å². The van der Waals surface area contributed by atoms with Crippen molar-refractivity contribution in [3.8, 4) is 0 Å². The Hall–Kier alpha value is -0.650. The van der Waals surface area contributed by atoms with Crippen LogP contribution in [-0.4, -0.2) is 73.2 Å². The number of esters is 1. The summed E-state index contributed by atoms with van der Waals surface area (Å²) in [5, 5.41) is 3.15. The molecule has 0 aliphatic carbocycles. The highest BCUT2D eigenvalue weighted by Crippen LogP contribution is 2.24. The maximum absolute atomic E-state index is 12.2. The Bertz CT molecular complexity index is 359. The van der Waals surface area contributed by atoms with Crippen LogP contribution in [0.3, 0.4) is 0 Å². The Labute approximate surface area is 130 Å². The summed E-state index contributed by atoms with van der Waals surface area (Å²) in [6, 6.07) is 0.333. The van der Waals surface area contributed by atoms with Crippen molar-refractivity contribution in [2.24, 2.45) is 0 Å². The topological polar surface area (TPSA) is 44.8 Å². The Morgan fingerprint density at radius 2 is 2.05 bits per heavy atom. The molecule has 0 bridgehead atoms. The summed E-state index contributed by atoms with van der Waals surface area (Å²) in [7, 11) is 4.01. The third-order valence-corrected chi connectivity index (χ3v) is 4.95. The zero-order chi connectivity index (χ0) is 16.3. The molecule has 5 heteroatoms. The number of carbonyl (C=O) groups is 1. The molecular weight excluding hydrogens is 266 g/mol. The fraction of sp³-hybridized carbons (Fsp3) is 0.938. The predicted molar refractivity (Wildman–Crippen MR) is 86.5 cm³/mol. The van der Waals surface area contributed by atoms with Crippen molar-refractivity contribution in [3.05, 3.63) is 0 Å². The van der Waals surface area contributed by atoms with Crippen molar-refractivity contribution in [2.75, 3.05) is 40.3 Å². The van der Waals surface area contributed by atoms with Crippen LogP contribution in [0.5, 0.6) is 0 Å². The molecular formula is C16H33N3O2. The average molecular weight is 299 g/mol. The predicted octanol–water partition coefficient (Wildman–Crippen LogP) is 1.33. The molecule has 0 aromatic heterocycles. The summed E-state index contributed by atoms with van der Waals surface area (Å²) in [6.45, 7) is 14.1. The highest BCUT2D eigenvalue weighted by atomic mass is 16.5. The van der Waals surface area contributed by atoms with Crippen molar-refractivity contribution in [1.29, 1.82) is 0 Å². The van der Waals surface area contributed by atoms with Gasteiger partial charge in [0, 0.05) is 31.2 Å². The van der Waals surface area contributed by atoms with Gasteiger partial charge in [0.2, 0.25) is 0 Å². The number of piperazine rings is 1. The third kappa shape index (κ3) is 4.41. The molecule has 2 atom stereocenters.